The van der Waals surface area contributed by atoms with Gasteiger partial charge in [0.05, 0.1) is 12.0 Å². The van der Waals surface area contributed by atoms with Crippen LogP contribution in [0.2, 0.25) is 0 Å². The molecule has 0 saturated heterocycles. The average Bonchev–Trinajstić information content (AvgIpc) is 3.00. The second kappa shape index (κ2) is 4.35. The van der Waals surface area contributed by atoms with E-state index in [1.807, 2.05) is 18.2 Å². The Hall–Kier alpha value is -1.81. The highest BCUT2D eigenvalue weighted by atomic mass is 16.7. The smallest absolute Gasteiger partial charge is 0.231 e. The minimum absolute atomic E-state index is 0.119. The highest BCUT2D eigenvalue weighted by Gasteiger charge is 2.40. The van der Waals surface area contributed by atoms with Gasteiger partial charge in [0.1, 0.15) is 0 Å². The topological polar surface area (TPSA) is 55.8 Å². The molecule has 4 heteroatoms. The standard InChI is InChI=1S/C16H16O4/c17-11-2-3-12-10(5-11)6-13(18)16(12)9-1-4-14-15(7-9)20-8-19-14/h1,4,6-7,11-12,16-17H,2-3,5,8H2/t11?,12-,16+/m0/s1. The lowest BCUT2D eigenvalue weighted by atomic mass is 9.76. The summed E-state index contributed by atoms with van der Waals surface area (Å²) in [5.74, 6) is 1.74. The molecule has 0 aromatic heterocycles. The van der Waals surface area contributed by atoms with E-state index < -0.39 is 0 Å². The van der Waals surface area contributed by atoms with Crippen molar-refractivity contribution in [3.63, 3.8) is 0 Å². The fourth-order valence-corrected chi connectivity index (χ4v) is 3.60. The Morgan fingerprint density at radius 3 is 2.90 bits per heavy atom. The third-order valence-corrected chi connectivity index (χ3v) is 4.55. The number of hydrogen-bond acceptors (Lipinski definition) is 4. The number of carbonyl (C=O) groups is 1. The Bertz CT molecular complexity index is 604. The van der Waals surface area contributed by atoms with Gasteiger partial charge in [0.2, 0.25) is 6.79 Å². The van der Waals surface area contributed by atoms with Crippen molar-refractivity contribution in [1.82, 2.24) is 0 Å². The molecule has 1 fully saturated rings. The summed E-state index contributed by atoms with van der Waals surface area (Å²) in [5, 5.41) is 9.74. The average molecular weight is 272 g/mol. The van der Waals surface area contributed by atoms with Gasteiger partial charge >= 0.3 is 0 Å². The van der Waals surface area contributed by atoms with Gasteiger partial charge in [-0.3, -0.25) is 4.79 Å². The SMILES string of the molecule is O=C1C=C2CC(O)CC[C@@H]2[C@H]1c1ccc2c(c1)OCO2. The van der Waals surface area contributed by atoms with E-state index in [1.54, 1.807) is 6.08 Å². The fraction of sp³-hybridized carbons (Fsp3) is 0.438. The van der Waals surface area contributed by atoms with E-state index in [4.69, 9.17) is 9.47 Å². The lowest BCUT2D eigenvalue weighted by molar-refractivity contribution is -0.116. The summed E-state index contributed by atoms with van der Waals surface area (Å²) in [7, 11) is 0. The number of fused-ring (bicyclic) bond motifs is 2. The van der Waals surface area contributed by atoms with Crippen LogP contribution < -0.4 is 9.47 Å². The molecule has 2 aliphatic carbocycles. The van der Waals surface area contributed by atoms with Crippen LogP contribution in [0.1, 0.15) is 30.7 Å². The Balaban J connectivity index is 1.67. The summed E-state index contributed by atoms with van der Waals surface area (Å²) in [6.07, 6.45) is 3.73. The van der Waals surface area contributed by atoms with Crippen molar-refractivity contribution in [3.8, 4) is 11.5 Å². The number of aliphatic hydroxyl groups excluding tert-OH is 1. The molecule has 1 N–H and O–H groups in total. The van der Waals surface area contributed by atoms with Crippen LogP contribution in [0.25, 0.3) is 0 Å². The predicted molar refractivity (Wildman–Crippen MR) is 71.7 cm³/mol. The molecule has 20 heavy (non-hydrogen) atoms. The van der Waals surface area contributed by atoms with Gasteiger partial charge in [-0.15, -0.1) is 0 Å². The lowest BCUT2D eigenvalue weighted by Gasteiger charge is -2.29. The maximum atomic E-state index is 12.3. The number of ether oxygens (including phenoxy) is 2. The molecule has 1 saturated carbocycles. The summed E-state index contributed by atoms with van der Waals surface area (Å²) in [4.78, 5) is 12.3. The van der Waals surface area contributed by atoms with Crippen LogP contribution in [0, 0.1) is 5.92 Å². The van der Waals surface area contributed by atoms with Crippen LogP contribution in [0.15, 0.2) is 29.8 Å². The number of rotatable bonds is 1. The molecule has 0 radical (unpaired) electrons. The largest absolute Gasteiger partial charge is 0.454 e. The van der Waals surface area contributed by atoms with Gasteiger partial charge in [0, 0.05) is 0 Å². The number of benzene rings is 1. The molecule has 0 bridgehead atoms. The van der Waals surface area contributed by atoms with Gasteiger partial charge in [0.15, 0.2) is 17.3 Å². The summed E-state index contributed by atoms with van der Waals surface area (Å²) < 4.78 is 10.7. The zero-order valence-corrected chi connectivity index (χ0v) is 11.0. The summed E-state index contributed by atoms with van der Waals surface area (Å²) in [6, 6.07) is 5.76. The Morgan fingerprint density at radius 1 is 1.15 bits per heavy atom. The van der Waals surface area contributed by atoms with Gasteiger partial charge < -0.3 is 14.6 Å². The van der Waals surface area contributed by atoms with Crippen molar-refractivity contribution in [2.45, 2.75) is 31.3 Å². The molecule has 1 unspecified atom stereocenters. The van der Waals surface area contributed by atoms with E-state index >= 15 is 0 Å². The highest BCUT2D eigenvalue weighted by molar-refractivity contribution is 5.99. The number of ketones is 1. The molecule has 3 atom stereocenters. The minimum atomic E-state index is -0.291. The van der Waals surface area contributed by atoms with E-state index in [-0.39, 0.29) is 30.5 Å². The second-order valence-electron chi connectivity index (χ2n) is 5.75. The van der Waals surface area contributed by atoms with Crippen molar-refractivity contribution < 1.29 is 19.4 Å². The lowest BCUT2D eigenvalue weighted by Crippen LogP contribution is -2.23. The van der Waals surface area contributed by atoms with E-state index in [0.717, 1.165) is 35.5 Å². The fourth-order valence-electron chi connectivity index (χ4n) is 3.60. The molecule has 4 rings (SSSR count). The van der Waals surface area contributed by atoms with Crippen LogP contribution in [0.3, 0.4) is 0 Å². The van der Waals surface area contributed by atoms with Crippen molar-refractivity contribution in [1.29, 1.82) is 0 Å². The highest BCUT2D eigenvalue weighted by Crippen LogP contribution is 2.46. The number of aliphatic hydroxyl groups is 1. The van der Waals surface area contributed by atoms with Gasteiger partial charge in [-0.2, -0.15) is 0 Å². The van der Waals surface area contributed by atoms with Crippen LogP contribution in [-0.4, -0.2) is 23.8 Å². The molecule has 0 amide bonds. The molecular weight excluding hydrogens is 256 g/mol. The first kappa shape index (κ1) is 12.0. The minimum Gasteiger partial charge on any atom is -0.454 e. The normalized spacial score (nSPS) is 31.1. The maximum absolute atomic E-state index is 12.3. The molecule has 1 aliphatic heterocycles. The van der Waals surface area contributed by atoms with E-state index in [0.29, 0.717) is 6.42 Å². The van der Waals surface area contributed by atoms with Gasteiger partial charge in [-0.25, -0.2) is 0 Å². The number of allylic oxidation sites excluding steroid dienone is 1. The van der Waals surface area contributed by atoms with Crippen molar-refractivity contribution in [2.24, 2.45) is 5.92 Å². The van der Waals surface area contributed by atoms with Gasteiger partial charge in [-0.1, -0.05) is 11.6 Å². The Kier molecular flexibility index (Phi) is 2.60. The molecule has 1 heterocycles. The van der Waals surface area contributed by atoms with Crippen molar-refractivity contribution >= 4 is 5.78 Å². The predicted octanol–water partition coefficient (Wildman–Crippen LogP) is 2.17. The van der Waals surface area contributed by atoms with Crippen LogP contribution in [0.5, 0.6) is 11.5 Å². The van der Waals surface area contributed by atoms with E-state index in [9.17, 15) is 9.90 Å². The van der Waals surface area contributed by atoms with E-state index in [2.05, 4.69) is 0 Å². The molecular formula is C16H16O4. The first-order chi connectivity index (χ1) is 9.72. The molecule has 1 aromatic rings. The third-order valence-electron chi connectivity index (χ3n) is 4.55. The van der Waals surface area contributed by atoms with Crippen LogP contribution in [0.4, 0.5) is 0 Å². The molecule has 1 aromatic carbocycles. The first-order valence-electron chi connectivity index (χ1n) is 7.04. The first-order valence-corrected chi connectivity index (χ1v) is 7.04. The Labute approximate surface area is 117 Å². The van der Waals surface area contributed by atoms with Crippen LogP contribution >= 0.6 is 0 Å². The monoisotopic (exact) mass is 272 g/mol. The molecule has 0 spiro atoms. The molecule has 4 nitrogen and oxygen atoms in total. The van der Waals surface area contributed by atoms with Gasteiger partial charge in [0.25, 0.3) is 0 Å². The zero-order valence-electron chi connectivity index (χ0n) is 11.0. The zero-order chi connectivity index (χ0) is 13.7. The maximum Gasteiger partial charge on any atom is 0.231 e. The quantitative estimate of drug-likeness (QED) is 0.851. The van der Waals surface area contributed by atoms with Crippen molar-refractivity contribution in [2.75, 3.05) is 6.79 Å². The molecule has 104 valence electrons. The van der Waals surface area contributed by atoms with Crippen molar-refractivity contribution in [3.05, 3.63) is 35.4 Å². The summed E-state index contributed by atoms with van der Waals surface area (Å²) in [5.41, 5.74) is 2.10. The van der Waals surface area contributed by atoms with E-state index in [1.165, 1.54) is 0 Å². The third kappa shape index (κ3) is 1.75. The summed E-state index contributed by atoms with van der Waals surface area (Å²) in [6.45, 7) is 0.247. The van der Waals surface area contributed by atoms with Gasteiger partial charge in [-0.05, 0) is 49.0 Å². The molecule has 3 aliphatic rings. The number of hydrogen-bond donors (Lipinski definition) is 1. The second-order valence-corrected chi connectivity index (χ2v) is 5.75. The summed E-state index contributed by atoms with van der Waals surface area (Å²) >= 11 is 0. The Morgan fingerprint density at radius 2 is 2.00 bits per heavy atom. The number of carbonyl (C=O) groups excluding carboxylic acids is 1. The van der Waals surface area contributed by atoms with Crippen LogP contribution in [-0.2, 0) is 4.79 Å².